The average molecular weight is 370 g/mol. The number of aromatic nitrogens is 2. The smallest absolute Gasteiger partial charge is 0.226 e. The highest BCUT2D eigenvalue weighted by atomic mass is 35.5. The number of aliphatic carboxylic acids is 1. The molecular formula is C15H18ClN4O3S-. The van der Waals surface area contributed by atoms with Crippen LogP contribution >= 0.6 is 23.4 Å². The van der Waals surface area contributed by atoms with Gasteiger partial charge in [0.05, 0.1) is 5.97 Å². The zero-order valence-electron chi connectivity index (χ0n) is 13.3. The van der Waals surface area contributed by atoms with Gasteiger partial charge in [-0.2, -0.15) is 0 Å². The van der Waals surface area contributed by atoms with Gasteiger partial charge >= 0.3 is 0 Å². The monoisotopic (exact) mass is 369 g/mol. The number of rotatable bonds is 5. The van der Waals surface area contributed by atoms with E-state index in [1.54, 1.807) is 6.07 Å². The Morgan fingerprint density at radius 3 is 2.75 bits per heavy atom. The lowest BCUT2D eigenvalue weighted by Gasteiger charge is -2.40. The molecule has 1 aromatic rings. The highest BCUT2D eigenvalue weighted by Gasteiger charge is 2.37. The molecule has 0 N–H and O–H groups in total. The molecule has 130 valence electrons. The molecule has 3 rings (SSSR count). The molecule has 2 fully saturated rings. The summed E-state index contributed by atoms with van der Waals surface area (Å²) in [4.78, 5) is 35.3. The standard InChI is InChI=1S/C15H19ClN4O3S/c1-9-7-19(4-5-20(9)14(23)10-2-3-10)12-6-11(16)17-15(18-12)24-8-13(21)22/h6,9-10H,2-5,7-8H2,1H3,(H,21,22)/p-1/t9-/m0/s1. The maximum atomic E-state index is 12.3. The number of carboxylic acids is 1. The summed E-state index contributed by atoms with van der Waals surface area (Å²) in [6.45, 7) is 4.01. The molecule has 0 aromatic carbocycles. The lowest BCUT2D eigenvalue weighted by atomic mass is 10.1. The number of anilines is 1. The predicted molar refractivity (Wildman–Crippen MR) is 88.9 cm³/mol. The molecule has 7 nitrogen and oxygen atoms in total. The Hall–Kier alpha value is -1.54. The van der Waals surface area contributed by atoms with Crippen LogP contribution in [0, 0.1) is 5.92 Å². The van der Waals surface area contributed by atoms with Gasteiger partial charge < -0.3 is 19.7 Å². The molecule has 2 aliphatic rings. The second kappa shape index (κ2) is 7.14. The third-order valence-electron chi connectivity index (χ3n) is 4.14. The van der Waals surface area contributed by atoms with Gasteiger partial charge in [0.1, 0.15) is 11.0 Å². The zero-order valence-corrected chi connectivity index (χ0v) is 14.8. The molecule has 1 aliphatic heterocycles. The van der Waals surface area contributed by atoms with Crippen LogP contribution in [0.2, 0.25) is 5.15 Å². The van der Waals surface area contributed by atoms with E-state index in [2.05, 4.69) is 14.9 Å². The molecule has 1 aliphatic carbocycles. The van der Waals surface area contributed by atoms with Crippen molar-refractivity contribution in [1.29, 1.82) is 0 Å². The minimum atomic E-state index is -1.18. The molecule has 9 heteroatoms. The zero-order chi connectivity index (χ0) is 17.3. The van der Waals surface area contributed by atoms with Crippen molar-refractivity contribution in [2.24, 2.45) is 5.92 Å². The number of carbonyl (C=O) groups is 2. The maximum absolute atomic E-state index is 12.3. The van der Waals surface area contributed by atoms with E-state index in [0.29, 0.717) is 30.6 Å². The van der Waals surface area contributed by atoms with Gasteiger partial charge in [-0.25, -0.2) is 9.97 Å². The molecule has 2 heterocycles. The van der Waals surface area contributed by atoms with Gasteiger partial charge in [0.2, 0.25) is 5.91 Å². The van der Waals surface area contributed by atoms with Crippen molar-refractivity contribution in [2.75, 3.05) is 30.3 Å². The molecule has 1 amide bonds. The van der Waals surface area contributed by atoms with Crippen LogP contribution in [0.4, 0.5) is 5.82 Å². The van der Waals surface area contributed by atoms with E-state index in [-0.39, 0.29) is 28.8 Å². The van der Waals surface area contributed by atoms with Gasteiger partial charge in [0.25, 0.3) is 0 Å². The summed E-state index contributed by atoms with van der Waals surface area (Å²) in [5.41, 5.74) is 0. The SMILES string of the molecule is C[C@H]1CN(c2cc(Cl)nc(SCC(=O)[O-])n2)CCN1C(=O)C1CC1. The first-order chi connectivity index (χ1) is 11.4. The fourth-order valence-corrected chi connectivity index (χ4v) is 3.59. The molecule has 0 radical (unpaired) electrons. The normalized spacial score (nSPS) is 21.0. The molecule has 0 unspecified atom stereocenters. The average Bonchev–Trinajstić information content (AvgIpc) is 3.36. The van der Waals surface area contributed by atoms with Gasteiger partial charge in [0.15, 0.2) is 5.16 Å². The van der Waals surface area contributed by atoms with Crippen molar-refractivity contribution < 1.29 is 14.7 Å². The van der Waals surface area contributed by atoms with Gasteiger partial charge in [-0.3, -0.25) is 4.79 Å². The summed E-state index contributed by atoms with van der Waals surface area (Å²) in [6.07, 6.45) is 2.01. The molecule has 0 bridgehead atoms. The Labute approximate surface area is 149 Å². The van der Waals surface area contributed by atoms with E-state index in [4.69, 9.17) is 11.6 Å². The van der Waals surface area contributed by atoms with E-state index in [9.17, 15) is 14.7 Å². The first kappa shape index (κ1) is 17.3. The van der Waals surface area contributed by atoms with Crippen molar-refractivity contribution >= 4 is 41.1 Å². The number of hydrogen-bond donors (Lipinski definition) is 0. The number of nitrogens with zero attached hydrogens (tertiary/aromatic N) is 4. The number of hydrogen-bond acceptors (Lipinski definition) is 7. The topological polar surface area (TPSA) is 89.5 Å². The molecule has 24 heavy (non-hydrogen) atoms. The second-order valence-corrected chi connectivity index (χ2v) is 7.42. The van der Waals surface area contributed by atoms with E-state index >= 15 is 0 Å². The first-order valence-corrected chi connectivity index (χ1v) is 9.23. The second-order valence-electron chi connectivity index (χ2n) is 6.09. The van der Waals surface area contributed by atoms with E-state index in [1.165, 1.54) is 0 Å². The predicted octanol–water partition coefficient (Wildman–Crippen LogP) is 0.419. The number of amides is 1. The minimum Gasteiger partial charge on any atom is -0.549 e. The quantitative estimate of drug-likeness (QED) is 0.422. The summed E-state index contributed by atoms with van der Waals surface area (Å²) in [5, 5.41) is 11.2. The Balaban J connectivity index is 1.68. The van der Waals surface area contributed by atoms with Crippen LogP contribution < -0.4 is 10.0 Å². The number of piperazine rings is 1. The molecule has 0 spiro atoms. The summed E-state index contributed by atoms with van der Waals surface area (Å²) in [5.74, 6) is -0.264. The van der Waals surface area contributed by atoms with E-state index < -0.39 is 5.97 Å². The van der Waals surface area contributed by atoms with E-state index in [1.807, 2.05) is 11.8 Å². The van der Waals surface area contributed by atoms with Gasteiger partial charge in [-0.1, -0.05) is 23.4 Å². The van der Waals surface area contributed by atoms with Gasteiger partial charge in [0, 0.05) is 43.4 Å². The highest BCUT2D eigenvalue weighted by molar-refractivity contribution is 7.99. The molecule has 1 saturated heterocycles. The number of carboxylic acid groups (broad SMARTS) is 1. The fraction of sp³-hybridized carbons (Fsp3) is 0.600. The highest BCUT2D eigenvalue weighted by Crippen LogP contribution is 2.32. The lowest BCUT2D eigenvalue weighted by molar-refractivity contribution is -0.301. The summed E-state index contributed by atoms with van der Waals surface area (Å²) in [7, 11) is 0. The lowest BCUT2D eigenvalue weighted by Crippen LogP contribution is -2.54. The third kappa shape index (κ3) is 4.10. The molecule has 1 atom stereocenters. The van der Waals surface area contributed by atoms with Crippen molar-refractivity contribution in [3.63, 3.8) is 0 Å². The van der Waals surface area contributed by atoms with Crippen LogP contribution in [-0.4, -0.2) is 58.2 Å². The van der Waals surface area contributed by atoms with Crippen molar-refractivity contribution in [3.05, 3.63) is 11.2 Å². The van der Waals surface area contributed by atoms with Crippen LogP contribution in [0.3, 0.4) is 0 Å². The molecule has 1 saturated carbocycles. The van der Waals surface area contributed by atoms with Crippen molar-refractivity contribution in [3.8, 4) is 0 Å². The number of carbonyl (C=O) groups excluding carboxylic acids is 2. The summed E-state index contributed by atoms with van der Waals surface area (Å²) in [6, 6.07) is 1.76. The van der Waals surface area contributed by atoms with Crippen molar-refractivity contribution in [2.45, 2.75) is 31.0 Å². The minimum absolute atomic E-state index is 0.0971. The Morgan fingerprint density at radius 1 is 1.38 bits per heavy atom. The number of halogens is 1. The van der Waals surface area contributed by atoms with Crippen LogP contribution in [0.25, 0.3) is 0 Å². The van der Waals surface area contributed by atoms with Crippen LogP contribution in [-0.2, 0) is 9.59 Å². The Kier molecular flexibility index (Phi) is 5.15. The summed E-state index contributed by atoms with van der Waals surface area (Å²) >= 11 is 7.01. The Morgan fingerprint density at radius 2 is 2.12 bits per heavy atom. The van der Waals surface area contributed by atoms with E-state index in [0.717, 1.165) is 24.6 Å². The molecular weight excluding hydrogens is 352 g/mol. The van der Waals surface area contributed by atoms with Gasteiger partial charge in [-0.05, 0) is 19.8 Å². The van der Waals surface area contributed by atoms with Crippen LogP contribution in [0.5, 0.6) is 0 Å². The first-order valence-electron chi connectivity index (χ1n) is 7.86. The maximum Gasteiger partial charge on any atom is 0.226 e. The number of thioether (sulfide) groups is 1. The summed E-state index contributed by atoms with van der Waals surface area (Å²) < 4.78 is 0. The third-order valence-corrected chi connectivity index (χ3v) is 5.16. The fourth-order valence-electron chi connectivity index (χ4n) is 2.79. The van der Waals surface area contributed by atoms with Crippen LogP contribution in [0.15, 0.2) is 11.2 Å². The molecule has 1 aromatic heterocycles. The van der Waals surface area contributed by atoms with Gasteiger partial charge in [-0.15, -0.1) is 0 Å². The van der Waals surface area contributed by atoms with Crippen molar-refractivity contribution in [1.82, 2.24) is 14.9 Å². The van der Waals surface area contributed by atoms with Crippen LogP contribution in [0.1, 0.15) is 19.8 Å². The largest absolute Gasteiger partial charge is 0.549 e. The Bertz CT molecular complexity index is 656.